The number of carbonyl (C=O) groups excluding carboxylic acids is 1. The number of nitrogens with two attached hydrogens (primary N) is 1. The Morgan fingerprint density at radius 3 is 2.00 bits per heavy atom. The molecule has 0 aromatic heterocycles. The van der Waals surface area contributed by atoms with Crippen LogP contribution in [-0.4, -0.2) is 11.0 Å². The molecule has 0 heterocycles. The molecule has 0 unspecified atom stereocenters. The second-order valence-corrected chi connectivity index (χ2v) is 0.811. The quantitative estimate of drug-likeness (QED) is 0.336. The second-order valence-electron chi connectivity index (χ2n) is 0.811. The molecule has 0 fully saturated rings. The van der Waals surface area contributed by atoms with Gasteiger partial charge in [0.25, 0.3) is 5.91 Å². The molecule has 0 rings (SSSR count). The first-order valence-corrected chi connectivity index (χ1v) is 1.32. The van der Waals surface area contributed by atoms with E-state index in [2.05, 4.69) is 12.3 Å². The molecule has 1 amide bonds. The van der Waals surface area contributed by atoms with Crippen LogP contribution in [0.2, 0.25) is 0 Å². The molecule has 0 radical (unpaired) electrons. The van der Waals surface area contributed by atoms with E-state index in [9.17, 15) is 4.79 Å². The van der Waals surface area contributed by atoms with Crippen molar-refractivity contribution in [2.24, 2.45) is 5.73 Å². The van der Waals surface area contributed by atoms with Crippen LogP contribution in [-0.2, 0) is 4.79 Å². The minimum Gasteiger partial charge on any atom is -0.503 e. The molecule has 0 aliphatic rings. The van der Waals surface area contributed by atoms with Crippen molar-refractivity contribution in [2.75, 3.05) is 0 Å². The molecule has 3 nitrogen and oxygen atoms in total. The third kappa shape index (κ3) is 1.34. The highest BCUT2D eigenvalue weighted by Gasteiger charge is 1.90. The lowest BCUT2D eigenvalue weighted by Gasteiger charge is -1.81. The van der Waals surface area contributed by atoms with Crippen molar-refractivity contribution in [3.63, 3.8) is 0 Å². The Bertz CT molecular complexity index is 74.8. The van der Waals surface area contributed by atoms with Crippen LogP contribution in [0.4, 0.5) is 0 Å². The van der Waals surface area contributed by atoms with E-state index in [1.807, 2.05) is 0 Å². The van der Waals surface area contributed by atoms with E-state index in [4.69, 9.17) is 5.11 Å². The molecule has 0 saturated carbocycles. The highest BCUT2D eigenvalue weighted by molar-refractivity contribution is 5.88. The van der Waals surface area contributed by atoms with Crippen LogP contribution in [0, 0.1) is 0 Å². The fraction of sp³-hybridized carbons (Fsp3) is 0. The van der Waals surface area contributed by atoms with Crippen LogP contribution in [0.1, 0.15) is 0 Å². The topological polar surface area (TPSA) is 63.3 Å². The second kappa shape index (κ2) is 1.45. The van der Waals surface area contributed by atoms with Crippen LogP contribution in [0.15, 0.2) is 12.3 Å². The van der Waals surface area contributed by atoms with Gasteiger partial charge in [-0.1, -0.05) is 6.58 Å². The summed E-state index contributed by atoms with van der Waals surface area (Å²) in [6.07, 6.45) is 0. The smallest absolute Gasteiger partial charge is 0.282 e. The van der Waals surface area contributed by atoms with Gasteiger partial charge in [-0.15, -0.1) is 0 Å². The van der Waals surface area contributed by atoms with Gasteiger partial charge in [-0.05, 0) is 0 Å². The lowest BCUT2D eigenvalue weighted by atomic mass is 10.6. The van der Waals surface area contributed by atoms with Crippen molar-refractivity contribution < 1.29 is 9.90 Å². The summed E-state index contributed by atoms with van der Waals surface area (Å²) in [6, 6.07) is 0. The first-order chi connectivity index (χ1) is 2.64. The fourth-order valence-corrected chi connectivity index (χ4v) is 0. The third-order valence-electron chi connectivity index (χ3n) is 0.284. The molecule has 0 saturated heterocycles. The Morgan fingerprint density at radius 1 is 1.83 bits per heavy atom. The fourth-order valence-electron chi connectivity index (χ4n) is 0. The van der Waals surface area contributed by atoms with Crippen molar-refractivity contribution in [2.45, 2.75) is 0 Å². The highest BCUT2D eigenvalue weighted by Crippen LogP contribution is 1.71. The zero-order valence-corrected chi connectivity index (χ0v) is 3.14. The first-order valence-electron chi connectivity index (χ1n) is 1.32. The maximum absolute atomic E-state index is 9.57. The third-order valence-corrected chi connectivity index (χ3v) is 0.284. The summed E-state index contributed by atoms with van der Waals surface area (Å²) >= 11 is 0. The van der Waals surface area contributed by atoms with Gasteiger partial charge < -0.3 is 10.8 Å². The number of hydrogen-bond acceptors (Lipinski definition) is 2. The number of aliphatic hydroxyl groups is 1. The summed E-state index contributed by atoms with van der Waals surface area (Å²) in [5, 5.41) is 7.96. The molecule has 0 bridgehead atoms. The molecule has 3 N–H and O–H groups in total. The van der Waals surface area contributed by atoms with Crippen molar-refractivity contribution in [3.05, 3.63) is 12.3 Å². The van der Waals surface area contributed by atoms with Gasteiger partial charge in [0.05, 0.1) is 0 Å². The Hall–Kier alpha value is -0.990. The number of amides is 1. The highest BCUT2D eigenvalue weighted by atomic mass is 16.3. The SMILES string of the molecule is C=C(O)C(N)=O. The monoisotopic (exact) mass is 87.0 g/mol. The molecule has 0 aromatic rings. The van der Waals surface area contributed by atoms with Crippen molar-refractivity contribution in [1.29, 1.82) is 0 Å². The van der Waals surface area contributed by atoms with E-state index in [0.29, 0.717) is 0 Å². The number of aliphatic hydroxyl groups excluding tert-OH is 1. The zero-order valence-electron chi connectivity index (χ0n) is 3.14. The van der Waals surface area contributed by atoms with Crippen molar-refractivity contribution in [1.82, 2.24) is 0 Å². The van der Waals surface area contributed by atoms with Crippen LogP contribution in [0.3, 0.4) is 0 Å². The average molecular weight is 87.1 g/mol. The minimum absolute atomic E-state index is 0.602. The zero-order chi connectivity index (χ0) is 5.15. The number of rotatable bonds is 1. The Labute approximate surface area is 35.1 Å². The predicted octanol–water partition coefficient (Wildman–Crippen LogP) is -0.457. The first kappa shape index (κ1) is 5.01. The van der Waals surface area contributed by atoms with Crippen molar-refractivity contribution >= 4 is 5.91 Å². The molecular weight excluding hydrogens is 82.0 g/mol. The molecule has 0 aliphatic heterocycles. The lowest BCUT2D eigenvalue weighted by Crippen LogP contribution is -2.11. The van der Waals surface area contributed by atoms with E-state index < -0.39 is 11.7 Å². The maximum Gasteiger partial charge on any atom is 0.282 e. The van der Waals surface area contributed by atoms with E-state index in [0.717, 1.165) is 0 Å². The average Bonchev–Trinajstić information content (AvgIpc) is 1.36. The Balaban J connectivity index is 3.57. The molecule has 0 aliphatic carbocycles. The normalized spacial score (nSPS) is 7.33. The molecule has 0 spiro atoms. The number of primary amides is 1. The van der Waals surface area contributed by atoms with Gasteiger partial charge in [-0.3, -0.25) is 4.79 Å². The standard InChI is InChI=1S/C3H5NO2/c1-2(5)3(4)6/h5H,1H2,(H2,4,6). The van der Waals surface area contributed by atoms with Crippen LogP contribution >= 0.6 is 0 Å². The predicted molar refractivity (Wildman–Crippen MR) is 21.0 cm³/mol. The summed E-state index contributed by atoms with van der Waals surface area (Å²) in [6.45, 7) is 2.84. The Kier molecular flexibility index (Phi) is 1.21. The van der Waals surface area contributed by atoms with Crippen LogP contribution in [0.5, 0.6) is 0 Å². The lowest BCUT2D eigenvalue weighted by molar-refractivity contribution is -0.116. The van der Waals surface area contributed by atoms with Gasteiger partial charge in [0.2, 0.25) is 0 Å². The summed E-state index contributed by atoms with van der Waals surface area (Å²) < 4.78 is 0. The molecular formula is C3H5NO2. The van der Waals surface area contributed by atoms with Gasteiger partial charge in [-0.25, -0.2) is 0 Å². The maximum atomic E-state index is 9.57. The summed E-state index contributed by atoms with van der Waals surface area (Å²) in [7, 11) is 0. The summed E-state index contributed by atoms with van der Waals surface area (Å²) in [4.78, 5) is 9.57. The largest absolute Gasteiger partial charge is 0.503 e. The Morgan fingerprint density at radius 2 is 2.00 bits per heavy atom. The van der Waals surface area contributed by atoms with Crippen LogP contribution in [0.25, 0.3) is 0 Å². The van der Waals surface area contributed by atoms with E-state index in [1.165, 1.54) is 0 Å². The van der Waals surface area contributed by atoms with E-state index >= 15 is 0 Å². The van der Waals surface area contributed by atoms with Gasteiger partial charge in [0.1, 0.15) is 0 Å². The van der Waals surface area contributed by atoms with Gasteiger partial charge in [0, 0.05) is 0 Å². The molecule has 0 aromatic carbocycles. The van der Waals surface area contributed by atoms with Gasteiger partial charge in [0.15, 0.2) is 5.76 Å². The molecule has 6 heavy (non-hydrogen) atoms. The van der Waals surface area contributed by atoms with E-state index in [-0.39, 0.29) is 0 Å². The van der Waals surface area contributed by atoms with E-state index in [1.54, 1.807) is 0 Å². The minimum atomic E-state index is -0.880. The molecule has 34 valence electrons. The van der Waals surface area contributed by atoms with Crippen LogP contribution < -0.4 is 5.73 Å². The van der Waals surface area contributed by atoms with Gasteiger partial charge in [-0.2, -0.15) is 0 Å². The summed E-state index contributed by atoms with van der Waals surface area (Å²) in [5.41, 5.74) is 4.45. The molecule has 3 heteroatoms. The van der Waals surface area contributed by atoms with Gasteiger partial charge >= 0.3 is 0 Å². The molecule has 0 atom stereocenters. The van der Waals surface area contributed by atoms with Crippen molar-refractivity contribution in [3.8, 4) is 0 Å². The summed E-state index contributed by atoms with van der Waals surface area (Å²) in [5.74, 6) is -1.48. The number of hydrogen-bond donors (Lipinski definition) is 2. The number of carbonyl (C=O) groups is 1.